The van der Waals surface area contributed by atoms with Crippen LogP contribution in [0.4, 0.5) is 0 Å². The first-order chi connectivity index (χ1) is 9.02. The first-order valence-electron chi connectivity index (χ1n) is 5.59. The second kappa shape index (κ2) is 5.11. The van der Waals surface area contributed by atoms with E-state index in [1.54, 1.807) is 13.0 Å². The first kappa shape index (κ1) is 13.1. The molecule has 0 aliphatic heterocycles. The molecule has 2 rings (SSSR count). The molecule has 19 heavy (non-hydrogen) atoms. The van der Waals surface area contributed by atoms with Crippen molar-refractivity contribution < 1.29 is 24.2 Å². The lowest BCUT2D eigenvalue weighted by molar-refractivity contribution is 0.0693. The maximum atomic E-state index is 11.9. The molecule has 1 aromatic carbocycles. The quantitative estimate of drug-likeness (QED) is 0.862. The van der Waals surface area contributed by atoms with Gasteiger partial charge in [-0.05, 0) is 25.1 Å². The van der Waals surface area contributed by atoms with Gasteiger partial charge in [0.1, 0.15) is 29.3 Å². The van der Waals surface area contributed by atoms with Crippen LogP contribution in [0.3, 0.4) is 0 Å². The Morgan fingerprint density at radius 2 is 2.21 bits per heavy atom. The Balaban J connectivity index is 2.54. The van der Waals surface area contributed by atoms with Gasteiger partial charge in [0.15, 0.2) is 0 Å². The lowest BCUT2D eigenvalue weighted by atomic mass is 10.1. The van der Waals surface area contributed by atoms with Gasteiger partial charge in [-0.3, -0.25) is 4.79 Å². The average Bonchev–Trinajstić information content (AvgIpc) is 2.39. The van der Waals surface area contributed by atoms with Crippen LogP contribution in [0.1, 0.15) is 17.3 Å². The SMILES string of the molecule is CC(CO)Oc1ccc2occ(C(=O)O)c(=O)c2c1. The Bertz CT molecular complexity index is 672. The summed E-state index contributed by atoms with van der Waals surface area (Å²) in [6, 6.07) is 4.50. The van der Waals surface area contributed by atoms with Crippen molar-refractivity contribution in [3.05, 3.63) is 40.2 Å². The molecule has 1 unspecified atom stereocenters. The van der Waals surface area contributed by atoms with Gasteiger partial charge in [0.2, 0.25) is 5.43 Å². The molecule has 0 bridgehead atoms. The van der Waals surface area contributed by atoms with Crippen molar-refractivity contribution in [2.24, 2.45) is 0 Å². The predicted molar refractivity (Wildman–Crippen MR) is 66.6 cm³/mol. The number of ether oxygens (including phenoxy) is 1. The Morgan fingerprint density at radius 1 is 1.47 bits per heavy atom. The Labute approximate surface area is 107 Å². The van der Waals surface area contributed by atoms with Gasteiger partial charge in [0.25, 0.3) is 0 Å². The van der Waals surface area contributed by atoms with Crippen LogP contribution in [0.2, 0.25) is 0 Å². The van der Waals surface area contributed by atoms with E-state index in [9.17, 15) is 9.59 Å². The Hall–Kier alpha value is -2.34. The van der Waals surface area contributed by atoms with Gasteiger partial charge < -0.3 is 19.4 Å². The minimum atomic E-state index is -1.34. The molecule has 6 heteroatoms. The molecule has 0 aliphatic rings. The number of fused-ring (bicyclic) bond motifs is 1. The molecular weight excluding hydrogens is 252 g/mol. The minimum absolute atomic E-state index is 0.127. The molecule has 1 heterocycles. The molecule has 100 valence electrons. The van der Waals surface area contributed by atoms with Gasteiger partial charge in [0, 0.05) is 0 Å². The van der Waals surface area contributed by atoms with Gasteiger partial charge >= 0.3 is 5.97 Å². The second-order valence-electron chi connectivity index (χ2n) is 4.05. The second-order valence-corrected chi connectivity index (χ2v) is 4.05. The monoisotopic (exact) mass is 264 g/mol. The number of aliphatic hydroxyl groups is 1. The predicted octanol–water partition coefficient (Wildman–Crippen LogP) is 1.25. The standard InChI is InChI=1S/C13H12O6/c1-7(5-14)19-8-2-3-11-9(4-8)12(15)10(6-18-11)13(16)17/h2-4,6-7,14H,5H2,1H3,(H,16,17). The van der Waals surface area contributed by atoms with E-state index >= 15 is 0 Å². The topological polar surface area (TPSA) is 97.0 Å². The van der Waals surface area contributed by atoms with E-state index in [4.69, 9.17) is 19.4 Å². The summed E-state index contributed by atoms with van der Waals surface area (Å²) in [5, 5.41) is 17.9. The largest absolute Gasteiger partial charge is 0.488 e. The molecular formula is C13H12O6. The molecule has 0 amide bonds. The molecule has 0 saturated heterocycles. The molecule has 6 nitrogen and oxygen atoms in total. The summed E-state index contributed by atoms with van der Waals surface area (Å²) in [6.07, 6.45) is 0.497. The molecule has 0 saturated carbocycles. The van der Waals surface area contributed by atoms with Gasteiger partial charge in [0.05, 0.1) is 12.0 Å². The fraction of sp³-hybridized carbons (Fsp3) is 0.231. The zero-order valence-corrected chi connectivity index (χ0v) is 10.1. The highest BCUT2D eigenvalue weighted by Gasteiger charge is 2.14. The summed E-state index contributed by atoms with van der Waals surface area (Å²) in [5.74, 6) is -0.977. The summed E-state index contributed by atoms with van der Waals surface area (Å²) >= 11 is 0. The number of carboxylic acid groups (broad SMARTS) is 1. The Kier molecular flexibility index (Phi) is 3.52. The van der Waals surface area contributed by atoms with E-state index in [-0.39, 0.29) is 17.6 Å². The molecule has 0 radical (unpaired) electrons. The highest BCUT2D eigenvalue weighted by atomic mass is 16.5. The van der Waals surface area contributed by atoms with Crippen LogP contribution < -0.4 is 10.2 Å². The van der Waals surface area contributed by atoms with E-state index in [0.717, 1.165) is 6.26 Å². The third-order valence-corrected chi connectivity index (χ3v) is 2.57. The van der Waals surface area contributed by atoms with Crippen LogP contribution in [0.5, 0.6) is 5.75 Å². The van der Waals surface area contributed by atoms with Crippen molar-refractivity contribution >= 4 is 16.9 Å². The number of rotatable bonds is 4. The van der Waals surface area contributed by atoms with Gasteiger partial charge in [-0.25, -0.2) is 4.79 Å². The van der Waals surface area contributed by atoms with Gasteiger partial charge in [-0.1, -0.05) is 0 Å². The van der Waals surface area contributed by atoms with E-state index in [1.165, 1.54) is 12.1 Å². The van der Waals surface area contributed by atoms with Crippen molar-refractivity contribution in [2.75, 3.05) is 6.61 Å². The summed E-state index contributed by atoms with van der Waals surface area (Å²) in [7, 11) is 0. The molecule has 1 atom stereocenters. The number of benzene rings is 1. The lowest BCUT2D eigenvalue weighted by Crippen LogP contribution is -2.17. The van der Waals surface area contributed by atoms with Crippen LogP contribution in [-0.2, 0) is 0 Å². The number of hydrogen-bond acceptors (Lipinski definition) is 5. The van der Waals surface area contributed by atoms with Crippen LogP contribution in [-0.4, -0.2) is 28.9 Å². The maximum Gasteiger partial charge on any atom is 0.342 e. The Morgan fingerprint density at radius 3 is 2.84 bits per heavy atom. The van der Waals surface area contributed by atoms with E-state index < -0.39 is 23.1 Å². The summed E-state index contributed by atoms with van der Waals surface area (Å²) in [6.45, 7) is 1.50. The van der Waals surface area contributed by atoms with Crippen molar-refractivity contribution in [1.82, 2.24) is 0 Å². The van der Waals surface area contributed by atoms with Crippen molar-refractivity contribution in [3.63, 3.8) is 0 Å². The van der Waals surface area contributed by atoms with Crippen LogP contribution >= 0.6 is 0 Å². The highest BCUT2D eigenvalue weighted by molar-refractivity contribution is 5.91. The number of carboxylic acids is 1. The van der Waals surface area contributed by atoms with E-state index in [2.05, 4.69) is 0 Å². The molecule has 0 spiro atoms. The lowest BCUT2D eigenvalue weighted by Gasteiger charge is -2.11. The number of carbonyl (C=O) groups is 1. The van der Waals surface area contributed by atoms with E-state index in [1.807, 2.05) is 0 Å². The van der Waals surface area contributed by atoms with Crippen molar-refractivity contribution in [3.8, 4) is 5.75 Å². The van der Waals surface area contributed by atoms with Crippen LogP contribution in [0.15, 0.2) is 33.7 Å². The fourth-order valence-electron chi connectivity index (χ4n) is 1.60. The normalized spacial score (nSPS) is 12.3. The fourth-order valence-corrected chi connectivity index (χ4v) is 1.60. The van der Waals surface area contributed by atoms with E-state index in [0.29, 0.717) is 5.75 Å². The third-order valence-electron chi connectivity index (χ3n) is 2.57. The zero-order chi connectivity index (χ0) is 14.0. The van der Waals surface area contributed by atoms with Crippen molar-refractivity contribution in [1.29, 1.82) is 0 Å². The number of aromatic carboxylic acids is 1. The molecule has 0 fully saturated rings. The van der Waals surface area contributed by atoms with Crippen LogP contribution in [0, 0.1) is 0 Å². The summed E-state index contributed by atoms with van der Waals surface area (Å²) in [5.41, 5.74) is -0.783. The molecule has 1 aromatic heterocycles. The summed E-state index contributed by atoms with van der Waals surface area (Å²) < 4.78 is 10.4. The van der Waals surface area contributed by atoms with Gasteiger partial charge in [-0.2, -0.15) is 0 Å². The molecule has 2 aromatic rings. The van der Waals surface area contributed by atoms with Crippen LogP contribution in [0.25, 0.3) is 11.0 Å². The molecule has 2 N–H and O–H groups in total. The first-order valence-corrected chi connectivity index (χ1v) is 5.59. The molecule has 0 aliphatic carbocycles. The third kappa shape index (κ3) is 2.58. The number of hydrogen-bond donors (Lipinski definition) is 2. The smallest absolute Gasteiger partial charge is 0.342 e. The zero-order valence-electron chi connectivity index (χ0n) is 10.1. The van der Waals surface area contributed by atoms with Crippen molar-refractivity contribution in [2.45, 2.75) is 13.0 Å². The minimum Gasteiger partial charge on any atom is -0.488 e. The van der Waals surface area contributed by atoms with Gasteiger partial charge in [-0.15, -0.1) is 0 Å². The number of aliphatic hydroxyl groups excluding tert-OH is 1. The maximum absolute atomic E-state index is 11.9. The highest BCUT2D eigenvalue weighted by Crippen LogP contribution is 2.20. The summed E-state index contributed by atoms with van der Waals surface area (Å²) in [4.78, 5) is 22.8. The average molecular weight is 264 g/mol.